The van der Waals surface area contributed by atoms with Crippen LogP contribution in [0.15, 0.2) is 0 Å². The maximum Gasteiger partial charge on any atom is 0.324 e. The molecule has 3 rings (SSSR count). The van der Waals surface area contributed by atoms with Crippen molar-refractivity contribution in [2.24, 2.45) is 5.92 Å². The van der Waals surface area contributed by atoms with Gasteiger partial charge in [-0.2, -0.15) is 0 Å². The Hall–Kier alpha value is -0.610. The number of likely N-dealkylation sites (tertiary alicyclic amines) is 1. The SMILES string of the molecule is COC(=O)C(CN1CCCC1C1CCCC1)NC1CC1. The quantitative estimate of drug-likeness (QED) is 0.755. The summed E-state index contributed by atoms with van der Waals surface area (Å²) in [6.45, 7) is 1.99. The van der Waals surface area contributed by atoms with E-state index in [1.54, 1.807) is 0 Å². The van der Waals surface area contributed by atoms with Crippen molar-refractivity contribution in [3.05, 3.63) is 0 Å². The molecule has 0 amide bonds. The molecule has 0 radical (unpaired) electrons. The van der Waals surface area contributed by atoms with Crippen LogP contribution in [0.1, 0.15) is 51.4 Å². The molecule has 4 heteroatoms. The Balaban J connectivity index is 1.58. The molecule has 1 saturated heterocycles. The van der Waals surface area contributed by atoms with Crippen molar-refractivity contribution in [2.45, 2.75) is 69.5 Å². The number of nitrogens with zero attached hydrogens (tertiary/aromatic N) is 1. The molecule has 4 nitrogen and oxygen atoms in total. The lowest BCUT2D eigenvalue weighted by Gasteiger charge is -2.32. The fourth-order valence-electron chi connectivity index (χ4n) is 4.06. The Bertz CT molecular complexity index is 337. The fraction of sp³-hybridized carbons (Fsp3) is 0.938. The molecule has 20 heavy (non-hydrogen) atoms. The van der Waals surface area contributed by atoms with E-state index in [4.69, 9.17) is 4.74 Å². The summed E-state index contributed by atoms with van der Waals surface area (Å²) in [6, 6.07) is 1.13. The highest BCUT2D eigenvalue weighted by Gasteiger charge is 2.37. The smallest absolute Gasteiger partial charge is 0.324 e. The van der Waals surface area contributed by atoms with Crippen LogP contribution < -0.4 is 5.32 Å². The molecular formula is C16H28N2O2. The first-order valence-electron chi connectivity index (χ1n) is 8.36. The largest absolute Gasteiger partial charge is 0.468 e. The molecule has 0 aromatic rings. The van der Waals surface area contributed by atoms with Gasteiger partial charge >= 0.3 is 5.97 Å². The molecule has 1 heterocycles. The summed E-state index contributed by atoms with van der Waals surface area (Å²) in [5.41, 5.74) is 0. The summed E-state index contributed by atoms with van der Waals surface area (Å²) < 4.78 is 4.98. The van der Waals surface area contributed by atoms with Crippen molar-refractivity contribution < 1.29 is 9.53 Å². The van der Waals surface area contributed by atoms with Crippen LogP contribution in [-0.4, -0.2) is 49.2 Å². The summed E-state index contributed by atoms with van der Waals surface area (Å²) in [5, 5.41) is 3.46. The fourth-order valence-corrected chi connectivity index (χ4v) is 4.06. The number of esters is 1. The number of hydrogen-bond acceptors (Lipinski definition) is 4. The molecule has 3 fully saturated rings. The van der Waals surface area contributed by atoms with Crippen LogP contribution in [-0.2, 0) is 9.53 Å². The normalized spacial score (nSPS) is 29.8. The summed E-state index contributed by atoms with van der Waals surface area (Å²) in [4.78, 5) is 14.5. The molecule has 3 aliphatic rings. The lowest BCUT2D eigenvalue weighted by molar-refractivity contribution is -0.143. The van der Waals surface area contributed by atoms with Gasteiger partial charge < -0.3 is 10.1 Å². The number of ether oxygens (including phenoxy) is 1. The van der Waals surface area contributed by atoms with Gasteiger partial charge in [0.2, 0.25) is 0 Å². The van der Waals surface area contributed by atoms with Gasteiger partial charge in [-0.3, -0.25) is 9.69 Å². The van der Waals surface area contributed by atoms with Gasteiger partial charge in [0.05, 0.1) is 7.11 Å². The van der Waals surface area contributed by atoms with Crippen LogP contribution >= 0.6 is 0 Å². The summed E-state index contributed by atoms with van der Waals surface area (Å²) in [6.07, 6.45) is 10.6. The predicted octanol–water partition coefficient (Wildman–Crippen LogP) is 1.93. The van der Waals surface area contributed by atoms with E-state index in [1.165, 1.54) is 58.5 Å². The third kappa shape index (κ3) is 3.34. The Labute approximate surface area is 122 Å². The van der Waals surface area contributed by atoms with Crippen molar-refractivity contribution in [3.63, 3.8) is 0 Å². The zero-order valence-corrected chi connectivity index (χ0v) is 12.6. The monoisotopic (exact) mass is 280 g/mol. The van der Waals surface area contributed by atoms with Crippen molar-refractivity contribution in [1.82, 2.24) is 10.2 Å². The van der Waals surface area contributed by atoms with Crippen LogP contribution in [0.25, 0.3) is 0 Å². The van der Waals surface area contributed by atoms with Gasteiger partial charge in [-0.1, -0.05) is 12.8 Å². The van der Waals surface area contributed by atoms with Crippen molar-refractivity contribution in [2.75, 3.05) is 20.2 Å². The second-order valence-electron chi connectivity index (χ2n) is 6.77. The first-order chi connectivity index (χ1) is 9.78. The average Bonchev–Trinajstić information content (AvgIpc) is 2.94. The molecule has 0 aromatic heterocycles. The molecule has 2 atom stereocenters. The topological polar surface area (TPSA) is 41.6 Å². The average molecular weight is 280 g/mol. The number of carbonyl (C=O) groups is 1. The molecule has 114 valence electrons. The summed E-state index contributed by atoms with van der Waals surface area (Å²) in [5.74, 6) is 0.783. The first-order valence-corrected chi connectivity index (χ1v) is 8.36. The number of hydrogen-bond donors (Lipinski definition) is 1. The molecule has 2 saturated carbocycles. The Morgan fingerprint density at radius 1 is 1.20 bits per heavy atom. The number of methoxy groups -OCH3 is 1. The van der Waals surface area contributed by atoms with Gasteiger partial charge in [-0.05, 0) is 51.0 Å². The lowest BCUT2D eigenvalue weighted by atomic mass is 9.96. The summed E-state index contributed by atoms with van der Waals surface area (Å²) in [7, 11) is 1.50. The minimum absolute atomic E-state index is 0.0889. The van der Waals surface area contributed by atoms with Crippen LogP contribution in [0.2, 0.25) is 0 Å². The Kier molecular flexibility index (Phi) is 4.61. The molecular weight excluding hydrogens is 252 g/mol. The number of carbonyl (C=O) groups excluding carboxylic acids is 1. The highest BCUT2D eigenvalue weighted by Crippen LogP contribution is 2.35. The number of nitrogens with one attached hydrogen (secondary N) is 1. The molecule has 0 bridgehead atoms. The molecule has 0 spiro atoms. The van der Waals surface area contributed by atoms with Gasteiger partial charge in [0.15, 0.2) is 0 Å². The van der Waals surface area contributed by atoms with E-state index in [0.29, 0.717) is 12.1 Å². The van der Waals surface area contributed by atoms with Gasteiger partial charge in [0, 0.05) is 18.6 Å². The second-order valence-corrected chi connectivity index (χ2v) is 6.77. The van der Waals surface area contributed by atoms with E-state index in [9.17, 15) is 4.79 Å². The van der Waals surface area contributed by atoms with Gasteiger partial charge in [-0.15, -0.1) is 0 Å². The molecule has 2 aliphatic carbocycles. The van der Waals surface area contributed by atoms with Crippen LogP contribution in [0.3, 0.4) is 0 Å². The van der Waals surface area contributed by atoms with E-state index in [1.807, 2.05) is 0 Å². The van der Waals surface area contributed by atoms with Crippen LogP contribution in [0.5, 0.6) is 0 Å². The van der Waals surface area contributed by atoms with E-state index < -0.39 is 0 Å². The van der Waals surface area contributed by atoms with E-state index >= 15 is 0 Å². The highest BCUT2D eigenvalue weighted by atomic mass is 16.5. The van der Waals surface area contributed by atoms with E-state index in [0.717, 1.165) is 19.0 Å². The first kappa shape index (κ1) is 14.3. The molecule has 0 aromatic carbocycles. The summed E-state index contributed by atoms with van der Waals surface area (Å²) >= 11 is 0. The van der Waals surface area contributed by atoms with Crippen LogP contribution in [0, 0.1) is 5.92 Å². The van der Waals surface area contributed by atoms with Gasteiger partial charge in [0.1, 0.15) is 6.04 Å². The third-order valence-electron chi connectivity index (χ3n) is 5.28. The Morgan fingerprint density at radius 3 is 2.60 bits per heavy atom. The maximum absolute atomic E-state index is 12.0. The molecule has 2 unspecified atom stereocenters. The zero-order chi connectivity index (χ0) is 13.9. The predicted molar refractivity (Wildman–Crippen MR) is 78.5 cm³/mol. The van der Waals surface area contributed by atoms with Crippen molar-refractivity contribution >= 4 is 5.97 Å². The minimum atomic E-state index is -0.130. The lowest BCUT2D eigenvalue weighted by Crippen LogP contribution is -2.49. The standard InChI is InChI=1S/C16H28N2O2/c1-20-16(19)14(17-13-8-9-13)11-18-10-4-7-15(18)12-5-2-3-6-12/h12-15,17H,2-11H2,1H3. The van der Waals surface area contributed by atoms with Gasteiger partial charge in [-0.25, -0.2) is 0 Å². The van der Waals surface area contributed by atoms with Crippen LogP contribution in [0.4, 0.5) is 0 Å². The Morgan fingerprint density at radius 2 is 1.95 bits per heavy atom. The second kappa shape index (κ2) is 6.44. The van der Waals surface area contributed by atoms with Gasteiger partial charge in [0.25, 0.3) is 0 Å². The molecule has 1 N–H and O–H groups in total. The maximum atomic E-state index is 12.0. The minimum Gasteiger partial charge on any atom is -0.468 e. The third-order valence-corrected chi connectivity index (χ3v) is 5.28. The highest BCUT2D eigenvalue weighted by molar-refractivity contribution is 5.76. The van der Waals surface area contributed by atoms with Crippen molar-refractivity contribution in [1.29, 1.82) is 0 Å². The number of rotatable bonds is 6. The van der Waals surface area contributed by atoms with E-state index in [-0.39, 0.29) is 12.0 Å². The zero-order valence-electron chi connectivity index (χ0n) is 12.6. The van der Waals surface area contributed by atoms with Crippen molar-refractivity contribution in [3.8, 4) is 0 Å². The molecule has 1 aliphatic heterocycles. The van der Waals surface area contributed by atoms with E-state index in [2.05, 4.69) is 10.2 Å².